The molecule has 2 unspecified atom stereocenters. The average molecular weight is 1240 g/mol. The second kappa shape index (κ2) is 30.5. The Balaban J connectivity index is 0.00000136. The fraction of sp³-hybridized carbons (Fsp3) is 1.00. The molecule has 0 radical (unpaired) electrons. The fourth-order valence-corrected chi connectivity index (χ4v) is 10.7. The summed E-state index contributed by atoms with van der Waals surface area (Å²) in [5, 5.41) is 247. The van der Waals surface area contributed by atoms with Crippen LogP contribution in [0.15, 0.2) is 0 Å². The molecule has 21 rings (SSSR count). The Hall–Kier alpha value is -1.52. The first kappa shape index (κ1) is 69.9. The first-order valence-corrected chi connectivity index (χ1v) is 26.8. The maximum Gasteiger partial charge on any atom is 0.187 e. The molecular weight excluding hydrogens is 1160 g/mol. The Morgan fingerprint density at radius 3 is 0.429 bits per heavy atom. The van der Waals surface area contributed by atoms with Crippen molar-refractivity contribution < 1.29 is 189 Å². The molecule has 21 saturated heterocycles. The number of hydrogen-bond acceptors (Lipinski definition) is 38. The molecule has 0 spiro atoms. The van der Waals surface area contributed by atoms with Crippen molar-refractivity contribution in [2.24, 2.45) is 0 Å². The van der Waals surface area contributed by atoms with Gasteiger partial charge in [-0.3, -0.25) is 0 Å². The van der Waals surface area contributed by atoms with E-state index in [-0.39, 0.29) is 0 Å². The maximum absolute atomic E-state index is 11.3. The van der Waals surface area contributed by atoms with Gasteiger partial charge in [0.15, 0.2) is 56.6 Å². The zero-order valence-corrected chi connectivity index (χ0v) is 44.7. The smallest absolute Gasteiger partial charge is 0.187 e. The van der Waals surface area contributed by atoms with Crippen LogP contribution in [0.3, 0.4) is 0 Å². The average Bonchev–Trinajstić information content (AvgIpc) is 2.99. The van der Waals surface area contributed by atoms with Gasteiger partial charge in [-0.1, -0.05) is 0 Å². The van der Waals surface area contributed by atoms with Gasteiger partial charge >= 0.3 is 0 Å². The lowest BCUT2D eigenvalue weighted by Gasteiger charge is -2.50. The third kappa shape index (κ3) is 14.9. The summed E-state index contributed by atoms with van der Waals surface area (Å²) >= 11 is 0. The summed E-state index contributed by atoms with van der Waals surface area (Å²) in [5.41, 5.74) is 0. The largest absolute Gasteiger partial charge is 0.394 e. The van der Waals surface area contributed by atoms with Gasteiger partial charge in [0.2, 0.25) is 0 Å². The maximum atomic E-state index is 11.3. The second-order valence-corrected chi connectivity index (χ2v) is 21.0. The zero-order valence-electron chi connectivity index (χ0n) is 44.7. The van der Waals surface area contributed by atoms with Crippen LogP contribution in [0.25, 0.3) is 0 Å². The lowest BCUT2D eigenvalue weighted by molar-refractivity contribution is -0.396. The van der Waals surface area contributed by atoms with Crippen molar-refractivity contribution >= 4 is 0 Å². The molecule has 0 saturated carbocycles. The summed E-state index contributed by atoms with van der Waals surface area (Å²) in [6, 6.07) is 0. The molecule has 0 aromatic rings. The molecule has 38 nitrogen and oxygen atoms in total. The number of hydrogen-bond donors (Lipinski definition) is 23. The molecule has 21 heterocycles. The van der Waals surface area contributed by atoms with E-state index in [2.05, 4.69) is 4.74 Å². The summed E-state index contributed by atoms with van der Waals surface area (Å²) in [4.78, 5) is 0. The van der Waals surface area contributed by atoms with E-state index in [4.69, 9.17) is 76.5 Å². The van der Waals surface area contributed by atoms with Crippen molar-refractivity contribution in [3.8, 4) is 0 Å². The van der Waals surface area contributed by atoms with E-state index in [9.17, 15) is 107 Å². The molecular formula is C46H80O38. The van der Waals surface area contributed by atoms with Crippen LogP contribution in [0.2, 0.25) is 0 Å². The van der Waals surface area contributed by atoms with Crippen LogP contribution >= 0.6 is 0 Å². The van der Waals surface area contributed by atoms with E-state index >= 15 is 0 Å². The number of rotatable bonds is 9. The molecule has 37 atom stereocenters. The van der Waals surface area contributed by atoms with Crippen LogP contribution in [0, 0.1) is 0 Å². The Bertz CT molecular complexity index is 1580. The molecule has 38 heteroatoms. The molecule has 492 valence electrons. The number of ether oxygens (including phenoxy) is 15. The van der Waals surface area contributed by atoms with Gasteiger partial charge in [0, 0.05) is 0 Å². The van der Waals surface area contributed by atoms with Crippen LogP contribution in [0.5, 0.6) is 0 Å². The van der Waals surface area contributed by atoms with Crippen molar-refractivity contribution in [3.63, 3.8) is 0 Å². The van der Waals surface area contributed by atoms with E-state index in [1.54, 1.807) is 0 Å². The minimum Gasteiger partial charge on any atom is -0.394 e. The lowest BCUT2D eigenvalue weighted by atomic mass is 9.95. The van der Waals surface area contributed by atoms with Gasteiger partial charge < -0.3 is 189 Å². The predicted octanol–water partition coefficient (Wildman–Crippen LogP) is -15.6. The molecule has 23 N–H and O–H groups in total. The SMILES string of the molecule is CC(O)OC(C)O.OC[C@H]1O[C@@H]2O[C@H]3[C@H](O)[C@@H](O)[C@@H](O[C@H]4[C@H](O)[C@@H](O)[C@@H](O[C@H]5[C@H](O)[C@@H](O)[C@@H](O[C@H]6[C@H](O)[C@@H](O)[C@@H](O[C@H]7[C@H](O)[C@@H](O)[C@@H](O[C@H]8[C@H](O)[C@@H](O)[C@@H](O[C@H]1[C@H](O)[C@H]2O)O[C@@H]8CO)O[C@@H]7CO)O[C@@H]6CO)O[C@@H]5CO)O[C@@H]4CO)O[C@@H]3CO. The number of aliphatic hydroxyl groups is 23. The monoisotopic (exact) mass is 1240 g/mol. The molecule has 21 aliphatic heterocycles. The molecule has 21 fully saturated rings. The molecule has 84 heavy (non-hydrogen) atoms. The van der Waals surface area contributed by atoms with Gasteiger partial charge in [0.25, 0.3) is 0 Å². The molecule has 0 aromatic heterocycles. The quantitative estimate of drug-likeness (QED) is 0.0953. The number of aliphatic hydroxyl groups excluding tert-OH is 23. The molecule has 0 amide bonds. The van der Waals surface area contributed by atoms with E-state index < -0.39 is 274 Å². The third-order valence-corrected chi connectivity index (χ3v) is 15.2. The second-order valence-electron chi connectivity index (χ2n) is 21.0. The van der Waals surface area contributed by atoms with Crippen LogP contribution in [0.1, 0.15) is 13.8 Å². The zero-order chi connectivity index (χ0) is 61.9. The Morgan fingerprint density at radius 1 is 0.226 bits per heavy atom. The summed E-state index contributed by atoms with van der Waals surface area (Å²) in [5.74, 6) is 0. The van der Waals surface area contributed by atoms with Crippen LogP contribution in [-0.2, 0) is 71.1 Å². The highest BCUT2D eigenvalue weighted by molar-refractivity contribution is 5.01. The summed E-state index contributed by atoms with van der Waals surface area (Å²) < 4.78 is 83.8. The van der Waals surface area contributed by atoms with Crippen LogP contribution < -0.4 is 0 Å². The Kier molecular flexibility index (Phi) is 25.4. The van der Waals surface area contributed by atoms with Crippen molar-refractivity contribution in [1.29, 1.82) is 0 Å². The summed E-state index contributed by atoms with van der Waals surface area (Å²) in [6.07, 6.45) is -72.0. The fourth-order valence-electron chi connectivity index (χ4n) is 10.7. The van der Waals surface area contributed by atoms with E-state index in [1.165, 1.54) is 13.8 Å². The van der Waals surface area contributed by atoms with Crippen molar-refractivity contribution in [2.75, 3.05) is 46.2 Å². The Morgan fingerprint density at radius 2 is 0.345 bits per heavy atom. The first-order valence-electron chi connectivity index (χ1n) is 26.8. The molecule has 21 aliphatic rings. The van der Waals surface area contributed by atoms with Crippen molar-refractivity contribution in [1.82, 2.24) is 0 Å². The van der Waals surface area contributed by atoms with Crippen molar-refractivity contribution in [2.45, 2.75) is 241 Å². The molecule has 0 aliphatic carbocycles. The summed E-state index contributed by atoms with van der Waals surface area (Å²) in [7, 11) is 0. The van der Waals surface area contributed by atoms with Gasteiger partial charge in [-0.15, -0.1) is 0 Å². The Labute approximate surface area is 475 Å². The van der Waals surface area contributed by atoms with Gasteiger partial charge in [-0.2, -0.15) is 0 Å². The van der Waals surface area contributed by atoms with Crippen LogP contribution in [-0.4, -0.2) is 391 Å². The molecule has 0 aromatic carbocycles. The highest BCUT2D eigenvalue weighted by atomic mass is 16.8. The van der Waals surface area contributed by atoms with E-state index in [0.29, 0.717) is 0 Å². The standard InChI is InChI=1S/C42H70O35.C4H10O3/c43-1-8-29-15(50)22(57)36(64-8)72-30-9(2-44)66-38(24(59)17(30)52)74-32-11(4-46)68-40(26(61)19(32)54)76-34-13(6-48)70-42(28(63)21(34)56)77-35-14(7-49)69-41(27(62)20(35)55)75-33-12(5-47)67-39(25(60)18(33)53)73-31-10(3-45)65-37(71-29)23(58)16(31)51;1-3(5)7-4(2)6/h8-63H,1-7H2;3-6H,1-2H3/t8-,9-,10-,11-,12-,13-,14-,15-,16-,17-,18-,19-,20-,21-,22-,23-,24-,25-,26-,27-,28-,29-,30-,31-,32-,33-,34-,35-,36-,37-,38-,39-,40-,41-,42-;/m1./s1. The van der Waals surface area contributed by atoms with Gasteiger partial charge in [0.05, 0.1) is 46.2 Å². The van der Waals surface area contributed by atoms with Crippen molar-refractivity contribution in [3.05, 3.63) is 0 Å². The lowest BCUT2D eigenvalue weighted by Crippen LogP contribution is -2.68. The van der Waals surface area contributed by atoms with E-state index in [0.717, 1.165) is 0 Å². The predicted molar refractivity (Wildman–Crippen MR) is 253 cm³/mol. The highest BCUT2D eigenvalue weighted by Gasteiger charge is 2.59. The minimum atomic E-state index is -2.21. The minimum absolute atomic E-state index is 0.875. The van der Waals surface area contributed by atoms with Crippen LogP contribution in [0.4, 0.5) is 0 Å². The van der Waals surface area contributed by atoms with Gasteiger partial charge in [0.1, 0.15) is 171 Å². The third-order valence-electron chi connectivity index (χ3n) is 15.2. The van der Waals surface area contributed by atoms with Gasteiger partial charge in [-0.05, 0) is 13.8 Å². The summed E-state index contributed by atoms with van der Waals surface area (Å²) in [6.45, 7) is -4.45. The topological polar surface area (TPSA) is 604 Å². The first-order chi connectivity index (χ1) is 39.8. The molecule has 14 bridgehead atoms. The van der Waals surface area contributed by atoms with E-state index in [1.807, 2.05) is 0 Å². The van der Waals surface area contributed by atoms with Gasteiger partial charge in [-0.25, -0.2) is 0 Å². The highest BCUT2D eigenvalue weighted by Crippen LogP contribution is 2.39. The normalized spacial score (nSPS) is 52.3.